The zero-order chi connectivity index (χ0) is 18.0. The summed E-state index contributed by atoms with van der Waals surface area (Å²) in [5, 5.41) is 19.2. The summed E-state index contributed by atoms with van der Waals surface area (Å²) in [5.41, 5.74) is 1.31. The van der Waals surface area contributed by atoms with Crippen LogP contribution in [0, 0.1) is 0 Å². The van der Waals surface area contributed by atoms with E-state index in [1.807, 2.05) is 18.4 Å². The summed E-state index contributed by atoms with van der Waals surface area (Å²) < 4.78 is 15.9. The molecule has 2 aromatic heterocycles. The summed E-state index contributed by atoms with van der Waals surface area (Å²) in [7, 11) is 0. The molecule has 1 aliphatic heterocycles. The molecule has 8 nitrogen and oxygen atoms in total. The molecule has 0 amide bonds. The van der Waals surface area contributed by atoms with Crippen LogP contribution < -0.4 is 16.0 Å². The maximum absolute atomic E-state index is 14.0. The first-order valence-corrected chi connectivity index (χ1v) is 8.82. The lowest BCUT2D eigenvalue weighted by molar-refractivity contribution is 0.169. The molecular weight excluding hydrogens is 325 g/mol. The molecule has 0 saturated carbocycles. The Bertz CT molecular complexity index is 720. The van der Waals surface area contributed by atoms with Gasteiger partial charge in [0.05, 0.1) is 24.5 Å². The van der Waals surface area contributed by atoms with E-state index in [-0.39, 0.29) is 12.1 Å². The summed E-state index contributed by atoms with van der Waals surface area (Å²) in [6, 6.07) is -0.512. The third-order valence-corrected chi connectivity index (χ3v) is 4.60. The van der Waals surface area contributed by atoms with Gasteiger partial charge in [-0.1, -0.05) is 6.92 Å². The topological polar surface area (TPSA) is 99.9 Å². The van der Waals surface area contributed by atoms with Gasteiger partial charge in [-0.15, -0.1) is 0 Å². The van der Waals surface area contributed by atoms with Gasteiger partial charge in [-0.3, -0.25) is 0 Å². The number of imidazole rings is 1. The number of anilines is 2. The van der Waals surface area contributed by atoms with Gasteiger partial charge in [0, 0.05) is 19.6 Å². The van der Waals surface area contributed by atoms with Crippen LogP contribution in [0.5, 0.6) is 0 Å². The smallest absolute Gasteiger partial charge is 0.227 e. The summed E-state index contributed by atoms with van der Waals surface area (Å²) in [4.78, 5) is 13.4. The number of nitrogens with one attached hydrogen (secondary N) is 3. The lowest BCUT2D eigenvalue weighted by Crippen LogP contribution is -2.32. The number of aromatic nitrogens is 4. The zero-order valence-electron chi connectivity index (χ0n) is 14.8. The number of alkyl halides is 1. The Morgan fingerprint density at radius 3 is 2.80 bits per heavy atom. The van der Waals surface area contributed by atoms with E-state index in [4.69, 9.17) is 0 Å². The molecule has 0 radical (unpaired) electrons. The molecule has 0 bridgehead atoms. The van der Waals surface area contributed by atoms with E-state index < -0.39 is 12.3 Å². The van der Waals surface area contributed by atoms with E-state index >= 15 is 0 Å². The van der Waals surface area contributed by atoms with Crippen LogP contribution in [0.2, 0.25) is 0 Å². The van der Waals surface area contributed by atoms with Gasteiger partial charge < -0.3 is 25.6 Å². The number of hydrogen-bond donors (Lipinski definition) is 4. The molecule has 138 valence electrons. The molecule has 4 N–H and O–H groups in total. The monoisotopic (exact) mass is 351 g/mol. The van der Waals surface area contributed by atoms with Gasteiger partial charge in [-0.05, 0) is 20.3 Å². The molecule has 2 aromatic rings. The van der Waals surface area contributed by atoms with Crippen molar-refractivity contribution in [2.45, 2.75) is 58.1 Å². The highest BCUT2D eigenvalue weighted by molar-refractivity contribution is 5.84. The van der Waals surface area contributed by atoms with Crippen LogP contribution in [0.25, 0.3) is 11.2 Å². The molecule has 0 aliphatic carbocycles. The van der Waals surface area contributed by atoms with Crippen molar-refractivity contribution in [3.8, 4) is 0 Å². The zero-order valence-corrected chi connectivity index (χ0v) is 14.8. The summed E-state index contributed by atoms with van der Waals surface area (Å²) in [5.74, 6) is 0.913. The van der Waals surface area contributed by atoms with E-state index in [2.05, 4.69) is 30.9 Å². The molecule has 3 rings (SSSR count). The fourth-order valence-corrected chi connectivity index (χ4v) is 3.03. The Balaban J connectivity index is 1.97. The number of halogens is 1. The highest BCUT2D eigenvalue weighted by Crippen LogP contribution is 2.23. The summed E-state index contributed by atoms with van der Waals surface area (Å²) >= 11 is 0. The van der Waals surface area contributed by atoms with E-state index in [1.165, 1.54) is 0 Å². The first-order valence-electron chi connectivity index (χ1n) is 8.82. The summed E-state index contributed by atoms with van der Waals surface area (Å²) in [6.07, 6.45) is 0.926. The van der Waals surface area contributed by atoms with Crippen LogP contribution in [0.3, 0.4) is 0 Å². The van der Waals surface area contributed by atoms with Crippen molar-refractivity contribution in [3.63, 3.8) is 0 Å². The van der Waals surface area contributed by atoms with Crippen molar-refractivity contribution in [3.05, 3.63) is 6.33 Å². The highest BCUT2D eigenvalue weighted by atomic mass is 19.1. The van der Waals surface area contributed by atoms with Gasteiger partial charge in [-0.2, -0.15) is 9.97 Å². The fraction of sp³-hybridized carbons (Fsp3) is 0.688. The molecule has 4 atom stereocenters. The number of fused-ring (bicyclic) bond motifs is 1. The minimum atomic E-state index is -0.976. The van der Waals surface area contributed by atoms with Crippen molar-refractivity contribution in [1.29, 1.82) is 0 Å². The van der Waals surface area contributed by atoms with Crippen LogP contribution in [0.4, 0.5) is 16.2 Å². The number of aliphatic hydroxyl groups is 1. The highest BCUT2D eigenvalue weighted by Gasteiger charge is 2.28. The molecule has 0 unspecified atom stereocenters. The summed E-state index contributed by atoms with van der Waals surface area (Å²) in [6.45, 7) is 7.31. The van der Waals surface area contributed by atoms with Crippen molar-refractivity contribution < 1.29 is 9.50 Å². The predicted octanol–water partition coefficient (Wildman–Crippen LogP) is 1.14. The minimum Gasteiger partial charge on any atom is -0.391 e. The Labute approximate surface area is 146 Å². The van der Waals surface area contributed by atoms with Gasteiger partial charge in [-0.25, -0.2) is 9.37 Å². The lowest BCUT2D eigenvalue weighted by atomic mass is 10.1. The molecular formula is C16H26FN7O. The standard InChI is InChI=1S/C16H26FN7O/c1-4-11(9(3)25)21-16-22-14(20-12-7-18-6-10(12)17)13-15(23-16)24(5-2)8-19-13/h8-12,18,25H,4-7H2,1-3H3,(H2,20,21,22,23)/t9-,10-,11+,12-/m1/s1. The van der Waals surface area contributed by atoms with Crippen molar-refractivity contribution in [2.75, 3.05) is 23.7 Å². The molecule has 0 aromatic carbocycles. The van der Waals surface area contributed by atoms with Crippen LogP contribution in [-0.4, -0.2) is 62.1 Å². The Kier molecular flexibility index (Phi) is 5.33. The third kappa shape index (κ3) is 3.67. The minimum absolute atomic E-state index is 0.162. The number of aliphatic hydroxyl groups excluding tert-OH is 1. The molecule has 3 heterocycles. The van der Waals surface area contributed by atoms with E-state index in [0.717, 1.165) is 13.0 Å². The van der Waals surface area contributed by atoms with E-state index in [0.29, 0.717) is 36.0 Å². The predicted molar refractivity (Wildman–Crippen MR) is 95.6 cm³/mol. The maximum atomic E-state index is 14.0. The first kappa shape index (κ1) is 17.8. The van der Waals surface area contributed by atoms with Gasteiger partial charge >= 0.3 is 0 Å². The Morgan fingerprint density at radius 2 is 2.20 bits per heavy atom. The second-order valence-electron chi connectivity index (χ2n) is 6.42. The fourth-order valence-electron chi connectivity index (χ4n) is 3.03. The third-order valence-electron chi connectivity index (χ3n) is 4.60. The SMILES string of the molecule is CC[C@H](Nc1nc(N[C@@H]2CNC[C@H]2F)c2ncn(CC)c2n1)[C@@H](C)O. The van der Waals surface area contributed by atoms with Gasteiger partial charge in [0.1, 0.15) is 6.17 Å². The molecule has 25 heavy (non-hydrogen) atoms. The number of hydrogen-bond acceptors (Lipinski definition) is 7. The molecule has 1 saturated heterocycles. The quantitative estimate of drug-likeness (QED) is 0.593. The number of nitrogens with zero attached hydrogens (tertiary/aromatic N) is 4. The number of rotatable bonds is 7. The Morgan fingerprint density at radius 1 is 1.40 bits per heavy atom. The van der Waals surface area contributed by atoms with Crippen molar-refractivity contribution in [1.82, 2.24) is 24.8 Å². The first-order chi connectivity index (χ1) is 12.0. The van der Waals surface area contributed by atoms with E-state index in [9.17, 15) is 9.50 Å². The van der Waals surface area contributed by atoms with Crippen LogP contribution in [-0.2, 0) is 6.54 Å². The molecule has 0 spiro atoms. The maximum Gasteiger partial charge on any atom is 0.227 e. The largest absolute Gasteiger partial charge is 0.391 e. The lowest BCUT2D eigenvalue weighted by Gasteiger charge is -2.21. The van der Waals surface area contributed by atoms with Crippen molar-refractivity contribution in [2.24, 2.45) is 0 Å². The van der Waals surface area contributed by atoms with Crippen molar-refractivity contribution >= 4 is 22.9 Å². The molecule has 1 aliphatic rings. The normalized spacial score (nSPS) is 22.9. The van der Waals surface area contributed by atoms with Crippen LogP contribution >= 0.6 is 0 Å². The Hall–Kier alpha value is -2.00. The van der Waals surface area contributed by atoms with Gasteiger partial charge in [0.25, 0.3) is 0 Å². The van der Waals surface area contributed by atoms with Crippen LogP contribution in [0.1, 0.15) is 27.2 Å². The van der Waals surface area contributed by atoms with E-state index in [1.54, 1.807) is 13.3 Å². The van der Waals surface area contributed by atoms with Gasteiger partial charge in [0.15, 0.2) is 17.0 Å². The molecule has 1 fully saturated rings. The van der Waals surface area contributed by atoms with Gasteiger partial charge in [0.2, 0.25) is 5.95 Å². The number of aryl methyl sites for hydroxylation is 1. The average molecular weight is 351 g/mol. The second-order valence-corrected chi connectivity index (χ2v) is 6.42. The van der Waals surface area contributed by atoms with Crippen LogP contribution in [0.15, 0.2) is 6.33 Å². The average Bonchev–Trinajstić information content (AvgIpc) is 3.18. The second kappa shape index (κ2) is 7.49. The molecule has 9 heteroatoms.